The van der Waals surface area contributed by atoms with E-state index in [2.05, 4.69) is 21.2 Å². The van der Waals surface area contributed by atoms with Crippen molar-refractivity contribution >= 4 is 52.8 Å². The van der Waals surface area contributed by atoms with Crippen LogP contribution >= 0.6 is 23.2 Å². The molecule has 1 saturated heterocycles. The van der Waals surface area contributed by atoms with Gasteiger partial charge in [0.15, 0.2) is 6.61 Å². The topological polar surface area (TPSA) is 118 Å². The van der Waals surface area contributed by atoms with Crippen molar-refractivity contribution in [1.82, 2.24) is 10.7 Å². The van der Waals surface area contributed by atoms with Gasteiger partial charge in [-0.3, -0.25) is 14.4 Å². The number of ether oxygens (including phenoxy) is 2. The normalized spacial score (nSPS) is 15.3. The van der Waals surface area contributed by atoms with Gasteiger partial charge in [0.05, 0.1) is 22.4 Å². The van der Waals surface area contributed by atoms with Crippen LogP contribution in [0.3, 0.4) is 0 Å². The predicted octanol–water partition coefficient (Wildman–Crippen LogP) is 2.76. The molecule has 33 heavy (non-hydrogen) atoms. The Labute approximate surface area is 200 Å². The van der Waals surface area contributed by atoms with Gasteiger partial charge in [0.1, 0.15) is 5.75 Å². The van der Waals surface area contributed by atoms with Crippen LogP contribution in [0.2, 0.25) is 10.0 Å². The highest BCUT2D eigenvalue weighted by molar-refractivity contribution is 6.42. The molecule has 174 valence electrons. The van der Waals surface area contributed by atoms with Gasteiger partial charge in [-0.15, -0.1) is 0 Å². The Bertz CT molecular complexity index is 1040. The van der Waals surface area contributed by atoms with Crippen LogP contribution in [0.4, 0.5) is 5.69 Å². The largest absolute Gasteiger partial charge is 0.484 e. The lowest BCUT2D eigenvalue weighted by atomic mass is 10.2. The lowest BCUT2D eigenvalue weighted by molar-refractivity contribution is -0.139. The van der Waals surface area contributed by atoms with E-state index in [1.807, 2.05) is 0 Å². The van der Waals surface area contributed by atoms with Gasteiger partial charge >= 0.3 is 11.8 Å². The zero-order valence-electron chi connectivity index (χ0n) is 17.5. The number of hydrogen-bond donors (Lipinski definition) is 3. The number of anilines is 1. The number of halogens is 2. The van der Waals surface area contributed by atoms with Crippen molar-refractivity contribution in [2.45, 2.75) is 18.9 Å². The number of nitrogens with one attached hydrogen (secondary N) is 3. The van der Waals surface area contributed by atoms with Crippen molar-refractivity contribution in [3.63, 3.8) is 0 Å². The summed E-state index contributed by atoms with van der Waals surface area (Å²) in [5, 5.41) is 9.66. The summed E-state index contributed by atoms with van der Waals surface area (Å²) in [6.45, 7) is 0.720. The number of carbonyl (C=O) groups excluding carboxylic acids is 3. The number of hydrogen-bond acceptors (Lipinski definition) is 6. The van der Waals surface area contributed by atoms with E-state index >= 15 is 0 Å². The van der Waals surface area contributed by atoms with Crippen LogP contribution in [0.25, 0.3) is 0 Å². The second-order valence-corrected chi connectivity index (χ2v) is 7.90. The van der Waals surface area contributed by atoms with Crippen LogP contribution in [-0.2, 0) is 19.1 Å². The third kappa shape index (κ3) is 8.05. The van der Waals surface area contributed by atoms with Crippen molar-refractivity contribution in [1.29, 1.82) is 0 Å². The van der Waals surface area contributed by atoms with Gasteiger partial charge in [-0.05, 0) is 48.7 Å². The molecule has 1 atom stereocenters. The summed E-state index contributed by atoms with van der Waals surface area (Å²) in [7, 11) is 0. The van der Waals surface area contributed by atoms with Crippen LogP contribution in [0.15, 0.2) is 47.6 Å². The smallest absolute Gasteiger partial charge is 0.329 e. The number of nitrogens with zero attached hydrogens (tertiary/aromatic N) is 1. The quantitative estimate of drug-likeness (QED) is 0.297. The second kappa shape index (κ2) is 12.2. The highest BCUT2D eigenvalue weighted by Gasteiger charge is 2.18. The van der Waals surface area contributed by atoms with E-state index < -0.39 is 11.8 Å². The molecule has 0 aromatic heterocycles. The molecule has 0 spiro atoms. The number of hydrazone groups is 1. The van der Waals surface area contributed by atoms with Crippen molar-refractivity contribution < 1.29 is 23.9 Å². The second-order valence-electron chi connectivity index (χ2n) is 7.08. The standard InChI is InChI=1S/C22H22Cl2N4O5/c23-18-7-6-15(10-19(18)24)27-20(29)13-33-16-4-1-3-14(9-16)11-26-28-22(31)21(30)25-12-17-5-2-8-32-17/h1,3-4,6-7,9-11,17H,2,5,8,12-13H2,(H,25,30)(H,27,29)(H,28,31)/b26-11-/t17-/m0/s1. The van der Waals surface area contributed by atoms with Crippen molar-refractivity contribution in [2.24, 2.45) is 5.10 Å². The summed E-state index contributed by atoms with van der Waals surface area (Å²) >= 11 is 11.8. The van der Waals surface area contributed by atoms with Gasteiger partial charge in [0.2, 0.25) is 0 Å². The van der Waals surface area contributed by atoms with E-state index in [1.165, 1.54) is 12.3 Å². The van der Waals surface area contributed by atoms with Crippen LogP contribution in [0.1, 0.15) is 18.4 Å². The van der Waals surface area contributed by atoms with Crippen molar-refractivity contribution in [2.75, 3.05) is 25.1 Å². The molecule has 1 heterocycles. The fourth-order valence-electron chi connectivity index (χ4n) is 2.91. The summed E-state index contributed by atoms with van der Waals surface area (Å²) in [6.07, 6.45) is 3.10. The van der Waals surface area contributed by atoms with Crippen LogP contribution in [-0.4, -0.2) is 49.8 Å². The Hall–Kier alpha value is -3.14. The van der Waals surface area contributed by atoms with E-state index in [4.69, 9.17) is 32.7 Å². The molecule has 0 aliphatic carbocycles. The third-order valence-corrected chi connectivity index (χ3v) is 5.27. The molecule has 2 aromatic rings. The van der Waals surface area contributed by atoms with Gasteiger partial charge in [-0.1, -0.05) is 35.3 Å². The Kier molecular flexibility index (Phi) is 9.05. The highest BCUT2D eigenvalue weighted by Crippen LogP contribution is 2.25. The van der Waals surface area contributed by atoms with Crippen LogP contribution < -0.4 is 20.8 Å². The molecule has 0 bridgehead atoms. The highest BCUT2D eigenvalue weighted by atomic mass is 35.5. The number of carbonyl (C=O) groups is 3. The third-order valence-electron chi connectivity index (χ3n) is 4.53. The van der Waals surface area contributed by atoms with Crippen LogP contribution in [0.5, 0.6) is 5.75 Å². The van der Waals surface area contributed by atoms with E-state index in [0.29, 0.717) is 33.7 Å². The van der Waals surface area contributed by atoms with E-state index in [1.54, 1.807) is 36.4 Å². The van der Waals surface area contributed by atoms with Crippen LogP contribution in [0, 0.1) is 0 Å². The first kappa shape index (κ1) is 24.5. The fraction of sp³-hybridized carbons (Fsp3) is 0.273. The maximum Gasteiger partial charge on any atom is 0.329 e. The number of rotatable bonds is 8. The zero-order valence-corrected chi connectivity index (χ0v) is 19.0. The minimum absolute atomic E-state index is 0.0564. The van der Waals surface area contributed by atoms with E-state index in [-0.39, 0.29) is 25.2 Å². The fourth-order valence-corrected chi connectivity index (χ4v) is 3.21. The average molecular weight is 493 g/mol. The SMILES string of the molecule is O=C(COc1cccc(/C=N\NC(=O)C(=O)NC[C@@H]2CCCO2)c1)Nc1ccc(Cl)c(Cl)c1. The number of amides is 3. The van der Waals surface area contributed by atoms with Crippen molar-refractivity contribution in [3.8, 4) is 5.75 Å². The van der Waals surface area contributed by atoms with Gasteiger partial charge in [0, 0.05) is 18.8 Å². The zero-order chi connectivity index (χ0) is 23.6. The van der Waals surface area contributed by atoms with E-state index in [9.17, 15) is 14.4 Å². The summed E-state index contributed by atoms with van der Waals surface area (Å²) < 4.78 is 10.9. The summed E-state index contributed by atoms with van der Waals surface area (Å²) in [5.41, 5.74) is 3.25. The first-order valence-corrected chi connectivity index (χ1v) is 10.9. The first-order valence-electron chi connectivity index (χ1n) is 10.1. The maximum atomic E-state index is 12.1. The molecule has 3 amide bonds. The lowest BCUT2D eigenvalue weighted by Crippen LogP contribution is -2.41. The molecule has 1 aliphatic rings. The Morgan fingerprint density at radius 2 is 1.97 bits per heavy atom. The molecule has 9 nitrogen and oxygen atoms in total. The van der Waals surface area contributed by atoms with Crippen molar-refractivity contribution in [3.05, 3.63) is 58.1 Å². The molecular weight excluding hydrogens is 471 g/mol. The molecule has 0 unspecified atom stereocenters. The summed E-state index contributed by atoms with van der Waals surface area (Å²) in [6, 6.07) is 11.5. The Morgan fingerprint density at radius 3 is 2.73 bits per heavy atom. The minimum Gasteiger partial charge on any atom is -0.484 e. The molecule has 0 radical (unpaired) electrons. The molecule has 11 heteroatoms. The van der Waals surface area contributed by atoms with E-state index in [0.717, 1.165) is 12.8 Å². The van der Waals surface area contributed by atoms with Gasteiger partial charge in [0.25, 0.3) is 5.91 Å². The first-order chi connectivity index (χ1) is 15.9. The Morgan fingerprint density at radius 1 is 1.12 bits per heavy atom. The molecule has 3 rings (SSSR count). The molecule has 1 fully saturated rings. The molecule has 3 N–H and O–H groups in total. The molecule has 2 aromatic carbocycles. The Balaban J connectivity index is 1.43. The molecule has 0 saturated carbocycles. The van der Waals surface area contributed by atoms with Gasteiger partial charge in [-0.2, -0.15) is 5.10 Å². The van der Waals surface area contributed by atoms with Gasteiger partial charge < -0.3 is 20.1 Å². The molecule has 1 aliphatic heterocycles. The lowest BCUT2D eigenvalue weighted by Gasteiger charge is -2.09. The minimum atomic E-state index is -0.879. The molecular formula is C22H22Cl2N4O5. The number of benzene rings is 2. The monoisotopic (exact) mass is 492 g/mol. The van der Waals surface area contributed by atoms with Gasteiger partial charge in [-0.25, -0.2) is 5.43 Å². The maximum absolute atomic E-state index is 12.1. The average Bonchev–Trinajstić information content (AvgIpc) is 3.32. The predicted molar refractivity (Wildman–Crippen MR) is 125 cm³/mol. The summed E-state index contributed by atoms with van der Waals surface area (Å²) in [4.78, 5) is 35.7. The summed E-state index contributed by atoms with van der Waals surface area (Å²) in [5.74, 6) is -1.62.